The Kier molecular flexibility index (Phi) is 4.03. The summed E-state index contributed by atoms with van der Waals surface area (Å²) in [5, 5.41) is 0. The van der Waals surface area contributed by atoms with Crippen LogP contribution in [0, 0.1) is 0 Å². The van der Waals surface area contributed by atoms with Gasteiger partial charge in [-0.05, 0) is 49.1 Å². The molecule has 1 heterocycles. The number of benzene rings is 2. The first-order valence-corrected chi connectivity index (χ1v) is 7.46. The number of hydrogen-bond donors (Lipinski definition) is 1. The Hall–Kier alpha value is -1.80. The Morgan fingerprint density at radius 3 is 2.50 bits per heavy atom. The van der Waals surface area contributed by atoms with Crippen LogP contribution in [0.2, 0.25) is 0 Å². The zero-order valence-corrected chi connectivity index (χ0v) is 11.8. The van der Waals surface area contributed by atoms with Gasteiger partial charge < -0.3 is 5.73 Å². The summed E-state index contributed by atoms with van der Waals surface area (Å²) in [6, 6.07) is 19.8. The van der Waals surface area contributed by atoms with Gasteiger partial charge in [0.2, 0.25) is 0 Å². The molecule has 1 atom stereocenters. The predicted molar refractivity (Wildman–Crippen MR) is 84.5 cm³/mol. The van der Waals surface area contributed by atoms with Crippen molar-refractivity contribution >= 4 is 5.69 Å². The molecule has 0 aromatic heterocycles. The van der Waals surface area contributed by atoms with Crippen LogP contribution in [0.25, 0.3) is 0 Å². The highest BCUT2D eigenvalue weighted by Gasteiger charge is 2.25. The summed E-state index contributed by atoms with van der Waals surface area (Å²) in [6.45, 7) is 2.35. The fourth-order valence-corrected chi connectivity index (χ4v) is 3.10. The number of anilines is 1. The minimum absolute atomic E-state index is 0.602. The molecule has 2 nitrogen and oxygen atoms in total. The highest BCUT2D eigenvalue weighted by Crippen LogP contribution is 2.31. The summed E-state index contributed by atoms with van der Waals surface area (Å²) in [5.74, 6) is 0. The summed E-state index contributed by atoms with van der Waals surface area (Å²) in [7, 11) is 0. The van der Waals surface area contributed by atoms with Crippen LogP contribution in [0.15, 0.2) is 54.6 Å². The van der Waals surface area contributed by atoms with E-state index in [-0.39, 0.29) is 0 Å². The lowest BCUT2D eigenvalue weighted by molar-refractivity contribution is 0.260. The SMILES string of the molecule is Nc1ccc(CCN2CCCC2c2ccccc2)cc1. The van der Waals surface area contributed by atoms with E-state index in [1.165, 1.54) is 30.5 Å². The van der Waals surface area contributed by atoms with Crippen LogP contribution in [-0.2, 0) is 6.42 Å². The standard InChI is InChI=1S/C18H22N2/c19-17-10-8-15(9-11-17)12-14-20-13-4-7-18(20)16-5-2-1-3-6-16/h1-3,5-6,8-11,18H,4,7,12-14,19H2. The van der Waals surface area contributed by atoms with Gasteiger partial charge in [-0.2, -0.15) is 0 Å². The first-order valence-electron chi connectivity index (χ1n) is 7.46. The highest BCUT2D eigenvalue weighted by molar-refractivity contribution is 5.39. The van der Waals surface area contributed by atoms with Crippen LogP contribution in [0.5, 0.6) is 0 Å². The van der Waals surface area contributed by atoms with Crippen molar-refractivity contribution in [3.8, 4) is 0 Å². The van der Waals surface area contributed by atoms with Crippen molar-refractivity contribution in [2.24, 2.45) is 0 Å². The number of likely N-dealkylation sites (tertiary alicyclic amines) is 1. The fourth-order valence-electron chi connectivity index (χ4n) is 3.10. The lowest BCUT2D eigenvalue weighted by atomic mass is 10.0. The van der Waals surface area contributed by atoms with E-state index in [4.69, 9.17) is 5.73 Å². The zero-order chi connectivity index (χ0) is 13.8. The van der Waals surface area contributed by atoms with Crippen molar-refractivity contribution in [2.75, 3.05) is 18.8 Å². The summed E-state index contributed by atoms with van der Waals surface area (Å²) < 4.78 is 0. The topological polar surface area (TPSA) is 29.3 Å². The van der Waals surface area contributed by atoms with Crippen molar-refractivity contribution in [3.63, 3.8) is 0 Å². The average molecular weight is 266 g/mol. The van der Waals surface area contributed by atoms with E-state index in [0.717, 1.165) is 18.7 Å². The number of rotatable bonds is 4. The molecule has 1 aliphatic heterocycles. The van der Waals surface area contributed by atoms with Gasteiger partial charge in [0.05, 0.1) is 0 Å². The predicted octanol–water partition coefficient (Wildman–Crippen LogP) is 3.65. The molecule has 1 aliphatic rings. The van der Waals surface area contributed by atoms with Gasteiger partial charge >= 0.3 is 0 Å². The van der Waals surface area contributed by atoms with Gasteiger partial charge in [-0.15, -0.1) is 0 Å². The van der Waals surface area contributed by atoms with Gasteiger partial charge in [0.25, 0.3) is 0 Å². The molecule has 3 rings (SSSR count). The van der Waals surface area contributed by atoms with Crippen molar-refractivity contribution in [3.05, 3.63) is 65.7 Å². The summed E-state index contributed by atoms with van der Waals surface area (Å²) >= 11 is 0. The van der Waals surface area contributed by atoms with E-state index >= 15 is 0 Å². The van der Waals surface area contributed by atoms with Gasteiger partial charge in [0.15, 0.2) is 0 Å². The van der Waals surface area contributed by atoms with Gasteiger partial charge in [-0.25, -0.2) is 0 Å². The van der Waals surface area contributed by atoms with Gasteiger partial charge in [-0.3, -0.25) is 4.90 Å². The van der Waals surface area contributed by atoms with Crippen LogP contribution in [-0.4, -0.2) is 18.0 Å². The van der Waals surface area contributed by atoms with E-state index in [1.807, 2.05) is 12.1 Å². The number of nitrogen functional groups attached to an aromatic ring is 1. The molecule has 1 unspecified atom stereocenters. The largest absolute Gasteiger partial charge is 0.399 e. The Bertz CT molecular complexity index is 533. The maximum Gasteiger partial charge on any atom is 0.0348 e. The molecule has 2 aromatic rings. The molecule has 20 heavy (non-hydrogen) atoms. The Labute approximate surface area is 121 Å². The Morgan fingerprint density at radius 1 is 1.00 bits per heavy atom. The highest BCUT2D eigenvalue weighted by atomic mass is 15.2. The maximum atomic E-state index is 5.73. The van der Waals surface area contributed by atoms with Crippen LogP contribution >= 0.6 is 0 Å². The third-order valence-corrected chi connectivity index (χ3v) is 4.22. The molecule has 0 saturated carbocycles. The first-order chi connectivity index (χ1) is 9.83. The normalized spacial score (nSPS) is 19.3. The van der Waals surface area contributed by atoms with E-state index < -0.39 is 0 Å². The second-order valence-electron chi connectivity index (χ2n) is 5.60. The number of hydrogen-bond acceptors (Lipinski definition) is 2. The smallest absolute Gasteiger partial charge is 0.0348 e. The van der Waals surface area contributed by atoms with Gasteiger partial charge in [0, 0.05) is 18.3 Å². The molecular weight excluding hydrogens is 244 g/mol. The number of nitrogens with two attached hydrogens (primary N) is 1. The third-order valence-electron chi connectivity index (χ3n) is 4.22. The van der Waals surface area contributed by atoms with E-state index in [9.17, 15) is 0 Å². The quantitative estimate of drug-likeness (QED) is 0.856. The molecule has 0 amide bonds. The zero-order valence-electron chi connectivity index (χ0n) is 11.8. The lowest BCUT2D eigenvalue weighted by Crippen LogP contribution is -2.25. The summed E-state index contributed by atoms with van der Waals surface area (Å²) in [4.78, 5) is 2.62. The summed E-state index contributed by atoms with van der Waals surface area (Å²) in [5.41, 5.74) is 9.41. The minimum Gasteiger partial charge on any atom is -0.399 e. The second kappa shape index (κ2) is 6.10. The molecule has 0 radical (unpaired) electrons. The van der Waals surface area contributed by atoms with Gasteiger partial charge in [0.1, 0.15) is 0 Å². The number of nitrogens with zero attached hydrogens (tertiary/aromatic N) is 1. The average Bonchev–Trinajstić information content (AvgIpc) is 2.96. The molecule has 0 spiro atoms. The van der Waals surface area contributed by atoms with E-state index in [2.05, 4.69) is 47.4 Å². The van der Waals surface area contributed by atoms with Crippen LogP contribution < -0.4 is 5.73 Å². The lowest BCUT2D eigenvalue weighted by Gasteiger charge is -2.24. The van der Waals surface area contributed by atoms with Crippen molar-refractivity contribution in [2.45, 2.75) is 25.3 Å². The first kappa shape index (κ1) is 13.2. The minimum atomic E-state index is 0.602. The molecule has 2 N–H and O–H groups in total. The van der Waals surface area contributed by atoms with Crippen molar-refractivity contribution < 1.29 is 0 Å². The molecule has 104 valence electrons. The Morgan fingerprint density at radius 2 is 1.75 bits per heavy atom. The molecule has 2 heteroatoms. The molecule has 1 saturated heterocycles. The Balaban J connectivity index is 1.63. The van der Waals surface area contributed by atoms with Crippen LogP contribution in [0.3, 0.4) is 0 Å². The molecule has 1 fully saturated rings. The molecule has 2 aromatic carbocycles. The van der Waals surface area contributed by atoms with Crippen LogP contribution in [0.4, 0.5) is 5.69 Å². The summed E-state index contributed by atoms with van der Waals surface area (Å²) in [6.07, 6.45) is 3.69. The molecule has 0 aliphatic carbocycles. The van der Waals surface area contributed by atoms with Crippen molar-refractivity contribution in [1.29, 1.82) is 0 Å². The van der Waals surface area contributed by atoms with Gasteiger partial charge in [-0.1, -0.05) is 42.5 Å². The molecule has 0 bridgehead atoms. The fraction of sp³-hybridized carbons (Fsp3) is 0.333. The molecular formula is C18H22N2. The van der Waals surface area contributed by atoms with E-state index in [0.29, 0.717) is 6.04 Å². The third kappa shape index (κ3) is 3.02. The second-order valence-corrected chi connectivity index (χ2v) is 5.60. The maximum absolute atomic E-state index is 5.73. The van der Waals surface area contributed by atoms with E-state index in [1.54, 1.807) is 0 Å². The monoisotopic (exact) mass is 266 g/mol. The van der Waals surface area contributed by atoms with Crippen molar-refractivity contribution in [1.82, 2.24) is 4.90 Å². The van der Waals surface area contributed by atoms with Crippen LogP contribution in [0.1, 0.15) is 30.0 Å².